The summed E-state index contributed by atoms with van der Waals surface area (Å²) >= 11 is 0. The molecule has 6 nitrogen and oxygen atoms in total. The van der Waals surface area contributed by atoms with Gasteiger partial charge in [-0.2, -0.15) is 0 Å². The molecule has 0 amide bonds. The minimum atomic E-state index is -2.05. The Morgan fingerprint density at radius 1 is 0.761 bits per heavy atom. The van der Waals surface area contributed by atoms with E-state index in [2.05, 4.69) is 104 Å². The van der Waals surface area contributed by atoms with Crippen LogP contribution < -0.4 is 23.1 Å². The molecule has 46 heavy (non-hydrogen) atoms. The Labute approximate surface area is 277 Å². The van der Waals surface area contributed by atoms with Crippen molar-refractivity contribution in [3.63, 3.8) is 0 Å². The van der Waals surface area contributed by atoms with Crippen molar-refractivity contribution in [3.8, 4) is 28.7 Å². The molecule has 0 saturated carbocycles. The van der Waals surface area contributed by atoms with Gasteiger partial charge in [-0.3, -0.25) is 0 Å². The van der Waals surface area contributed by atoms with Crippen LogP contribution in [0.3, 0.4) is 0 Å². The second-order valence-corrected chi connectivity index (χ2v) is 24.9. The molecule has 246 valence electrons. The Balaban J connectivity index is 1.59. The van der Waals surface area contributed by atoms with Gasteiger partial charge in [-0.1, -0.05) is 53.7 Å². The van der Waals surface area contributed by atoms with Crippen molar-refractivity contribution in [2.45, 2.75) is 96.8 Å². The third-order valence-electron chi connectivity index (χ3n) is 10.0. The fraction of sp³-hybridized carbons (Fsp3) is 0.447. The van der Waals surface area contributed by atoms with Crippen LogP contribution in [0.15, 0.2) is 60.7 Å². The molecule has 0 fully saturated rings. The third-order valence-corrected chi connectivity index (χ3v) is 18.7. The van der Waals surface area contributed by atoms with Crippen LogP contribution >= 0.6 is 0 Å². The van der Waals surface area contributed by atoms with Crippen LogP contribution in [0.25, 0.3) is 11.1 Å². The molecule has 1 unspecified atom stereocenters. The minimum Gasteiger partial charge on any atom is -0.543 e. The first-order valence-electron chi connectivity index (χ1n) is 16.4. The molecular weight excluding hydrogens is 609 g/mol. The standard InChI is InChI=1S/C38H50O6Si2/c1-37(2,3)45(7,8)43-28-17-19-32-33(24-28)41-23-20-31-30-18-16-29(44-46(9,10)38(4,5)6)25-34(30)42-36(35(31)32)26-12-14-27(15-13-26)40-22-11-21-39/h12-19,21,24-25,36H,11,20,22-23H2,1-10H3. The van der Waals surface area contributed by atoms with E-state index < -0.39 is 16.6 Å². The van der Waals surface area contributed by atoms with Crippen molar-refractivity contribution in [1.29, 1.82) is 0 Å². The van der Waals surface area contributed by atoms with Gasteiger partial charge in [-0.15, -0.1) is 0 Å². The van der Waals surface area contributed by atoms with E-state index in [-0.39, 0.29) is 16.2 Å². The summed E-state index contributed by atoms with van der Waals surface area (Å²) in [4.78, 5) is 10.8. The van der Waals surface area contributed by atoms with E-state index in [0.29, 0.717) is 19.6 Å². The van der Waals surface area contributed by atoms with Gasteiger partial charge in [0.1, 0.15) is 41.1 Å². The van der Waals surface area contributed by atoms with Gasteiger partial charge in [0.05, 0.1) is 13.2 Å². The molecule has 0 N–H and O–H groups in total. The van der Waals surface area contributed by atoms with Crippen molar-refractivity contribution in [1.82, 2.24) is 0 Å². The lowest BCUT2D eigenvalue weighted by molar-refractivity contribution is -0.108. The molecule has 8 heteroatoms. The molecular formula is C38H50O6Si2. The van der Waals surface area contributed by atoms with Crippen LogP contribution in [0.5, 0.6) is 28.7 Å². The molecule has 0 bridgehead atoms. The van der Waals surface area contributed by atoms with Gasteiger partial charge in [0.25, 0.3) is 0 Å². The Hall–Kier alpha value is -3.50. The lowest BCUT2D eigenvalue weighted by Crippen LogP contribution is -2.43. The van der Waals surface area contributed by atoms with Gasteiger partial charge in [-0.25, -0.2) is 0 Å². The zero-order valence-corrected chi connectivity index (χ0v) is 31.2. The van der Waals surface area contributed by atoms with Crippen LogP contribution in [0.2, 0.25) is 36.3 Å². The largest absolute Gasteiger partial charge is 0.543 e. The quantitative estimate of drug-likeness (QED) is 0.130. The molecule has 0 saturated heterocycles. The van der Waals surface area contributed by atoms with E-state index in [1.165, 1.54) is 5.57 Å². The lowest BCUT2D eigenvalue weighted by atomic mass is 9.84. The van der Waals surface area contributed by atoms with Crippen molar-refractivity contribution >= 4 is 34.1 Å². The summed E-state index contributed by atoms with van der Waals surface area (Å²) < 4.78 is 32.5. The highest BCUT2D eigenvalue weighted by Crippen LogP contribution is 2.53. The fourth-order valence-corrected chi connectivity index (χ4v) is 7.29. The van der Waals surface area contributed by atoms with Crippen LogP contribution in [-0.4, -0.2) is 36.1 Å². The average molecular weight is 659 g/mol. The van der Waals surface area contributed by atoms with Gasteiger partial charge in [0, 0.05) is 41.7 Å². The molecule has 0 aromatic heterocycles. The molecule has 0 spiro atoms. The Morgan fingerprint density at radius 3 is 1.87 bits per heavy atom. The van der Waals surface area contributed by atoms with E-state index in [0.717, 1.165) is 63.7 Å². The molecule has 2 heterocycles. The Morgan fingerprint density at radius 2 is 1.30 bits per heavy atom. The van der Waals surface area contributed by atoms with Gasteiger partial charge in [0.2, 0.25) is 16.6 Å². The number of hydrogen-bond acceptors (Lipinski definition) is 6. The summed E-state index contributed by atoms with van der Waals surface area (Å²) in [6, 6.07) is 20.5. The van der Waals surface area contributed by atoms with Gasteiger partial charge in [0.15, 0.2) is 0 Å². The molecule has 5 rings (SSSR count). The smallest absolute Gasteiger partial charge is 0.250 e. The number of carbonyl (C=O) groups is 1. The number of fused-ring (bicyclic) bond motifs is 4. The molecule has 0 radical (unpaired) electrons. The van der Waals surface area contributed by atoms with Crippen LogP contribution in [0.4, 0.5) is 0 Å². The van der Waals surface area contributed by atoms with E-state index in [1.807, 2.05) is 24.3 Å². The Kier molecular flexibility index (Phi) is 9.28. The van der Waals surface area contributed by atoms with E-state index in [9.17, 15) is 4.79 Å². The highest BCUT2D eigenvalue weighted by atomic mass is 28.4. The van der Waals surface area contributed by atoms with Gasteiger partial charge >= 0.3 is 0 Å². The number of ether oxygens (including phenoxy) is 3. The molecule has 0 aliphatic carbocycles. The summed E-state index contributed by atoms with van der Waals surface area (Å²) in [6.45, 7) is 23.4. The molecule has 1 atom stereocenters. The minimum absolute atomic E-state index is 0.0764. The van der Waals surface area contributed by atoms with Gasteiger partial charge < -0.3 is 27.9 Å². The third kappa shape index (κ3) is 6.93. The SMILES string of the molecule is CC(C)(C)[Si](C)(C)Oc1ccc2c(c1)OC(c1ccc(OCCC=O)cc1)C1=C2CCOc2cc(O[Si](C)(C)C(C)(C)C)ccc21. The van der Waals surface area contributed by atoms with Crippen molar-refractivity contribution in [2.24, 2.45) is 0 Å². The normalized spacial score (nSPS) is 16.6. The fourth-order valence-electron chi connectivity index (χ4n) is 5.24. The number of hydrogen-bond donors (Lipinski definition) is 0. The topological polar surface area (TPSA) is 63.2 Å². The van der Waals surface area contributed by atoms with Crippen molar-refractivity contribution < 1.29 is 27.9 Å². The Bertz CT molecular complexity index is 1610. The number of aldehydes is 1. The highest BCUT2D eigenvalue weighted by Gasteiger charge is 2.41. The van der Waals surface area contributed by atoms with Gasteiger partial charge in [-0.05, 0) is 83.8 Å². The number of benzene rings is 3. The van der Waals surface area contributed by atoms with E-state index >= 15 is 0 Å². The first kappa shape index (κ1) is 33.9. The predicted octanol–water partition coefficient (Wildman–Crippen LogP) is 10.2. The summed E-state index contributed by atoms with van der Waals surface area (Å²) in [6.07, 6.45) is 1.59. The van der Waals surface area contributed by atoms with E-state index in [1.54, 1.807) is 0 Å². The van der Waals surface area contributed by atoms with Crippen LogP contribution in [0.1, 0.15) is 77.2 Å². The zero-order valence-electron chi connectivity index (χ0n) is 29.2. The summed E-state index contributed by atoms with van der Waals surface area (Å²) in [5.74, 6) is 4.02. The summed E-state index contributed by atoms with van der Waals surface area (Å²) in [5, 5.41) is 0.158. The second kappa shape index (κ2) is 12.6. The maximum absolute atomic E-state index is 10.8. The van der Waals surface area contributed by atoms with Crippen LogP contribution in [0, 0.1) is 0 Å². The maximum Gasteiger partial charge on any atom is 0.250 e. The summed E-state index contributed by atoms with van der Waals surface area (Å²) in [5.41, 5.74) is 5.41. The molecule has 2 aliphatic rings. The average Bonchev–Trinajstić information content (AvgIpc) is 3.15. The zero-order chi connectivity index (χ0) is 33.5. The molecule has 2 aliphatic heterocycles. The van der Waals surface area contributed by atoms with E-state index in [4.69, 9.17) is 23.1 Å². The highest BCUT2D eigenvalue weighted by molar-refractivity contribution is 6.75. The first-order chi connectivity index (χ1) is 21.5. The van der Waals surface area contributed by atoms with Crippen molar-refractivity contribution in [2.75, 3.05) is 13.2 Å². The number of rotatable bonds is 9. The monoisotopic (exact) mass is 658 g/mol. The van der Waals surface area contributed by atoms with Crippen LogP contribution in [-0.2, 0) is 4.79 Å². The molecule has 3 aromatic rings. The number of carbonyl (C=O) groups excluding carboxylic acids is 1. The first-order valence-corrected chi connectivity index (χ1v) is 22.2. The summed E-state index contributed by atoms with van der Waals surface area (Å²) in [7, 11) is -4.09. The molecule has 3 aromatic carbocycles. The lowest BCUT2D eigenvalue weighted by Gasteiger charge is -2.37. The second-order valence-electron chi connectivity index (χ2n) is 15.4. The maximum atomic E-state index is 10.8. The van der Waals surface area contributed by atoms with Crippen molar-refractivity contribution in [3.05, 3.63) is 77.4 Å². The predicted molar refractivity (Wildman–Crippen MR) is 191 cm³/mol.